The zero-order valence-corrected chi connectivity index (χ0v) is 19.6. The van der Waals surface area contributed by atoms with E-state index in [1.165, 1.54) is 16.9 Å². The van der Waals surface area contributed by atoms with Crippen LogP contribution < -0.4 is 0 Å². The van der Waals surface area contributed by atoms with Crippen molar-refractivity contribution in [1.29, 1.82) is 0 Å². The lowest BCUT2D eigenvalue weighted by Crippen LogP contribution is -2.21. The summed E-state index contributed by atoms with van der Waals surface area (Å²) in [4.78, 5) is 13.4. The van der Waals surface area contributed by atoms with Gasteiger partial charge in [-0.15, -0.1) is 11.3 Å². The van der Waals surface area contributed by atoms with Crippen LogP contribution in [0, 0.1) is 11.8 Å². The number of aliphatic hydroxyl groups is 4. The number of hydrogen-bond acceptors (Lipinski definition) is 7. The number of aryl methyl sites for hydroxylation is 2. The second-order valence-corrected chi connectivity index (χ2v) is 9.77. The molecule has 0 saturated heterocycles. The normalized spacial score (nSPS) is 23.8. The summed E-state index contributed by atoms with van der Waals surface area (Å²) >= 11 is 1.38. The molecule has 1 aromatic carbocycles. The molecule has 1 aliphatic carbocycles. The van der Waals surface area contributed by atoms with E-state index in [0.717, 1.165) is 30.6 Å². The highest BCUT2D eigenvalue weighted by atomic mass is 32.1. The van der Waals surface area contributed by atoms with Crippen LogP contribution in [0.1, 0.15) is 45.8 Å². The zero-order valence-electron chi connectivity index (χ0n) is 18.8. The van der Waals surface area contributed by atoms with Crippen molar-refractivity contribution in [1.82, 2.24) is 0 Å². The van der Waals surface area contributed by atoms with Crippen LogP contribution in [-0.2, 0) is 17.6 Å². The van der Waals surface area contributed by atoms with E-state index in [1.54, 1.807) is 12.1 Å². The molecule has 6 nitrogen and oxygen atoms in total. The molecule has 3 rings (SSSR count). The smallest absolute Gasteiger partial charge is 0.348 e. The third kappa shape index (κ3) is 7.76. The predicted octanol–water partition coefficient (Wildman–Crippen LogP) is 3.13. The van der Waals surface area contributed by atoms with E-state index in [9.17, 15) is 20.1 Å². The van der Waals surface area contributed by atoms with Gasteiger partial charge in [0.25, 0.3) is 0 Å². The van der Waals surface area contributed by atoms with Crippen molar-refractivity contribution in [2.24, 2.45) is 11.8 Å². The molecule has 1 fully saturated rings. The van der Waals surface area contributed by atoms with E-state index in [4.69, 9.17) is 9.84 Å². The third-order valence-electron chi connectivity index (χ3n) is 6.19. The highest BCUT2D eigenvalue weighted by Crippen LogP contribution is 2.37. The minimum atomic E-state index is -0.614. The molecule has 1 saturated carbocycles. The molecule has 0 amide bonds. The second-order valence-electron chi connectivity index (χ2n) is 8.61. The summed E-state index contributed by atoms with van der Waals surface area (Å²) < 4.78 is 4.94. The van der Waals surface area contributed by atoms with Crippen molar-refractivity contribution >= 4 is 17.3 Å². The molecular formula is C26H34O6S. The summed E-state index contributed by atoms with van der Waals surface area (Å²) in [7, 11) is 0. The van der Waals surface area contributed by atoms with E-state index < -0.39 is 24.3 Å². The van der Waals surface area contributed by atoms with Crippen LogP contribution in [0.5, 0.6) is 0 Å². The average Bonchev–Trinajstić information content (AvgIpc) is 3.39. The summed E-state index contributed by atoms with van der Waals surface area (Å²) in [6, 6.07) is 13.7. The molecule has 180 valence electrons. The van der Waals surface area contributed by atoms with Crippen LogP contribution in [-0.4, -0.2) is 57.9 Å². The lowest BCUT2D eigenvalue weighted by atomic mass is 9.88. The molecule has 1 aromatic heterocycles. The Morgan fingerprint density at radius 1 is 1.12 bits per heavy atom. The van der Waals surface area contributed by atoms with Gasteiger partial charge in [-0.25, -0.2) is 4.79 Å². The fourth-order valence-corrected chi connectivity index (χ4v) is 5.38. The van der Waals surface area contributed by atoms with Gasteiger partial charge in [0.1, 0.15) is 11.5 Å². The molecule has 4 N–H and O–H groups in total. The summed E-state index contributed by atoms with van der Waals surface area (Å²) in [5.41, 5.74) is 1.18. The molecule has 0 aliphatic heterocycles. The molecule has 5 atom stereocenters. The first-order chi connectivity index (χ1) is 16.0. The van der Waals surface area contributed by atoms with Gasteiger partial charge >= 0.3 is 5.97 Å². The minimum Gasteiger partial charge on any atom is -0.459 e. The average molecular weight is 475 g/mol. The van der Waals surface area contributed by atoms with Gasteiger partial charge in [-0.3, -0.25) is 0 Å². The van der Waals surface area contributed by atoms with E-state index in [2.05, 4.69) is 0 Å². The first-order valence-electron chi connectivity index (χ1n) is 11.6. The maximum atomic E-state index is 11.9. The summed E-state index contributed by atoms with van der Waals surface area (Å²) in [5, 5.41) is 40.0. The van der Waals surface area contributed by atoms with Gasteiger partial charge in [-0.2, -0.15) is 0 Å². The van der Waals surface area contributed by atoms with E-state index in [1.807, 2.05) is 42.5 Å². The standard InChI is InChI=1S/C26H34O6S/c27-15-16-32-26(31)25-14-12-20(33-25)7-4-8-21-22(24(30)17-23(21)29)13-11-19(28)10-9-18-5-2-1-3-6-18/h1-3,5-6,11-14,19,21-24,27-30H,4,7-10,15-17H2/t19-,21+,22+,23-,24+/m0/s1. The predicted molar refractivity (Wildman–Crippen MR) is 128 cm³/mol. The summed E-state index contributed by atoms with van der Waals surface area (Å²) in [6.07, 6.45) is 5.93. The molecule has 1 heterocycles. The lowest BCUT2D eigenvalue weighted by Gasteiger charge is -2.21. The molecule has 7 heteroatoms. The van der Waals surface area contributed by atoms with Gasteiger partial charge in [-0.05, 0) is 55.7 Å². The fourth-order valence-electron chi connectivity index (χ4n) is 4.43. The molecule has 1 aliphatic rings. The number of benzene rings is 1. The first-order valence-corrected chi connectivity index (χ1v) is 12.4. The van der Waals surface area contributed by atoms with Crippen molar-refractivity contribution in [2.45, 2.75) is 56.8 Å². The van der Waals surface area contributed by atoms with Crippen molar-refractivity contribution in [3.63, 3.8) is 0 Å². The molecule has 0 radical (unpaired) electrons. The van der Waals surface area contributed by atoms with Crippen LogP contribution in [0.4, 0.5) is 0 Å². The number of esters is 1. The maximum Gasteiger partial charge on any atom is 0.348 e. The van der Waals surface area contributed by atoms with Crippen molar-refractivity contribution in [2.75, 3.05) is 13.2 Å². The van der Waals surface area contributed by atoms with Crippen molar-refractivity contribution < 1.29 is 30.0 Å². The topological polar surface area (TPSA) is 107 Å². The van der Waals surface area contributed by atoms with Crippen molar-refractivity contribution in [3.8, 4) is 0 Å². The van der Waals surface area contributed by atoms with E-state index in [0.29, 0.717) is 17.7 Å². The van der Waals surface area contributed by atoms with Gasteiger partial charge < -0.3 is 25.2 Å². The van der Waals surface area contributed by atoms with Crippen molar-refractivity contribution in [3.05, 3.63) is 69.9 Å². The zero-order chi connectivity index (χ0) is 23.6. The Balaban J connectivity index is 1.48. The second kappa shape index (κ2) is 13.0. The number of carbonyl (C=O) groups is 1. The Kier molecular flexibility index (Phi) is 10.1. The van der Waals surface area contributed by atoms with Crippen LogP contribution in [0.3, 0.4) is 0 Å². The van der Waals surface area contributed by atoms with Crippen LogP contribution in [0.25, 0.3) is 0 Å². The number of carbonyl (C=O) groups excluding carboxylic acids is 1. The SMILES string of the molecule is O=C(OCCO)c1ccc(CCC[C@@H]2[C@@H](C=C[C@@H](O)CCc3ccccc3)[C@H](O)C[C@@H]2O)s1. The molecular weight excluding hydrogens is 440 g/mol. The quantitative estimate of drug-likeness (QED) is 0.278. The van der Waals surface area contributed by atoms with E-state index >= 15 is 0 Å². The molecule has 0 unspecified atom stereocenters. The molecule has 33 heavy (non-hydrogen) atoms. The largest absolute Gasteiger partial charge is 0.459 e. The third-order valence-corrected chi connectivity index (χ3v) is 7.32. The first kappa shape index (κ1) is 25.6. The molecule has 0 bridgehead atoms. The monoisotopic (exact) mass is 474 g/mol. The Labute approximate surface area is 199 Å². The maximum absolute atomic E-state index is 11.9. The summed E-state index contributed by atoms with van der Waals surface area (Å²) in [5.74, 6) is -0.670. The highest BCUT2D eigenvalue weighted by Gasteiger charge is 2.39. The fraction of sp³-hybridized carbons (Fsp3) is 0.500. The molecule has 0 spiro atoms. The Morgan fingerprint density at radius 2 is 1.91 bits per heavy atom. The van der Waals surface area contributed by atoms with Gasteiger partial charge in [0.05, 0.1) is 24.9 Å². The lowest BCUT2D eigenvalue weighted by molar-refractivity contribution is 0.0439. The van der Waals surface area contributed by atoms with Gasteiger partial charge in [-0.1, -0.05) is 42.5 Å². The van der Waals surface area contributed by atoms with Gasteiger partial charge in [0, 0.05) is 17.2 Å². The van der Waals surface area contributed by atoms with Gasteiger partial charge in [0.2, 0.25) is 0 Å². The Hall–Kier alpha value is -2.03. The van der Waals surface area contributed by atoms with Crippen LogP contribution >= 0.6 is 11.3 Å². The van der Waals surface area contributed by atoms with E-state index in [-0.39, 0.29) is 25.0 Å². The van der Waals surface area contributed by atoms with Crippen LogP contribution in [0.2, 0.25) is 0 Å². The van der Waals surface area contributed by atoms with Crippen LogP contribution in [0.15, 0.2) is 54.6 Å². The summed E-state index contributed by atoms with van der Waals surface area (Å²) in [6.45, 7) is -0.205. The Morgan fingerprint density at radius 3 is 2.67 bits per heavy atom. The van der Waals surface area contributed by atoms with Gasteiger partial charge in [0.15, 0.2) is 0 Å². The highest BCUT2D eigenvalue weighted by molar-refractivity contribution is 7.13. The number of hydrogen-bond donors (Lipinski definition) is 4. The Bertz CT molecular complexity index is 880. The minimum absolute atomic E-state index is 0.0101. The molecule has 2 aromatic rings. The number of rotatable bonds is 12. The number of thiophene rings is 1. The number of ether oxygens (including phenoxy) is 1. The number of aliphatic hydroxyl groups excluding tert-OH is 4.